The molecular formula is C19H22FNO5S. The topological polar surface area (TPSA) is 72.9 Å². The molecule has 0 N–H and O–H groups in total. The summed E-state index contributed by atoms with van der Waals surface area (Å²) in [6.07, 6.45) is 0. The summed E-state index contributed by atoms with van der Waals surface area (Å²) in [6.45, 7) is 5.47. The maximum atomic E-state index is 14.0. The number of esters is 1. The number of benzene rings is 2. The van der Waals surface area contributed by atoms with E-state index in [1.54, 1.807) is 32.9 Å². The molecule has 2 aromatic carbocycles. The lowest BCUT2D eigenvalue weighted by Crippen LogP contribution is -2.31. The molecule has 0 atom stereocenters. The van der Waals surface area contributed by atoms with Crippen LogP contribution in [0.1, 0.15) is 29.8 Å². The number of nitrogens with zero attached hydrogens (tertiary/aromatic N) is 1. The highest BCUT2D eigenvalue weighted by Gasteiger charge is 2.26. The average Bonchev–Trinajstić information content (AvgIpc) is 2.63. The highest BCUT2D eigenvalue weighted by molar-refractivity contribution is 7.92. The Kier molecular flexibility index (Phi) is 6.43. The van der Waals surface area contributed by atoms with Crippen LogP contribution in [0.25, 0.3) is 0 Å². The van der Waals surface area contributed by atoms with Crippen molar-refractivity contribution in [2.24, 2.45) is 0 Å². The molecule has 0 saturated heterocycles. The number of hydrogen-bond acceptors (Lipinski definition) is 5. The van der Waals surface area contributed by atoms with E-state index in [1.165, 1.54) is 29.6 Å². The molecule has 0 radical (unpaired) electrons. The van der Waals surface area contributed by atoms with Crippen molar-refractivity contribution in [1.29, 1.82) is 0 Å². The summed E-state index contributed by atoms with van der Waals surface area (Å²) < 4.78 is 51.0. The molecule has 0 spiro atoms. The highest BCUT2D eigenvalue weighted by atomic mass is 32.2. The van der Waals surface area contributed by atoms with Gasteiger partial charge in [0.15, 0.2) is 11.6 Å². The first-order valence-electron chi connectivity index (χ1n) is 8.40. The zero-order valence-electron chi connectivity index (χ0n) is 15.7. The maximum absolute atomic E-state index is 14.0. The number of aryl methyl sites for hydroxylation is 1. The second-order valence-electron chi connectivity index (χ2n) is 5.69. The third-order valence-corrected chi connectivity index (χ3v) is 5.86. The Balaban J connectivity index is 2.46. The number of ether oxygens (including phenoxy) is 2. The Morgan fingerprint density at radius 1 is 1.15 bits per heavy atom. The molecule has 0 heterocycles. The average molecular weight is 395 g/mol. The first kappa shape index (κ1) is 20.7. The quantitative estimate of drug-likeness (QED) is 0.671. The summed E-state index contributed by atoms with van der Waals surface area (Å²) in [5.74, 6) is -1.27. The molecule has 27 heavy (non-hydrogen) atoms. The van der Waals surface area contributed by atoms with Gasteiger partial charge in [-0.1, -0.05) is 0 Å². The largest absolute Gasteiger partial charge is 0.494 e. The number of methoxy groups -OCH3 is 1. The van der Waals surface area contributed by atoms with E-state index in [-0.39, 0.29) is 23.8 Å². The van der Waals surface area contributed by atoms with Crippen molar-refractivity contribution in [3.8, 4) is 5.75 Å². The molecule has 0 bridgehead atoms. The van der Waals surface area contributed by atoms with E-state index in [1.807, 2.05) is 0 Å². The Morgan fingerprint density at radius 3 is 2.37 bits per heavy atom. The summed E-state index contributed by atoms with van der Waals surface area (Å²) in [5, 5.41) is 0. The predicted octanol–water partition coefficient (Wildman–Crippen LogP) is 3.53. The van der Waals surface area contributed by atoms with Crippen LogP contribution in [0.15, 0.2) is 41.3 Å². The molecule has 0 saturated carbocycles. The SMILES string of the molecule is CCOC(=O)c1ccc(N(CC)S(=O)(=O)c2ccc(OC)c(F)c2)c(C)c1. The van der Waals surface area contributed by atoms with E-state index in [4.69, 9.17) is 9.47 Å². The van der Waals surface area contributed by atoms with Gasteiger partial charge in [-0.2, -0.15) is 0 Å². The van der Waals surface area contributed by atoms with Crippen molar-refractivity contribution in [1.82, 2.24) is 0 Å². The monoisotopic (exact) mass is 395 g/mol. The Hall–Kier alpha value is -2.61. The zero-order chi connectivity index (χ0) is 20.2. The Morgan fingerprint density at radius 2 is 1.85 bits per heavy atom. The van der Waals surface area contributed by atoms with Crippen molar-refractivity contribution >= 4 is 21.7 Å². The van der Waals surface area contributed by atoms with Gasteiger partial charge in [0.2, 0.25) is 0 Å². The van der Waals surface area contributed by atoms with Crippen LogP contribution in [-0.2, 0) is 14.8 Å². The molecule has 0 unspecified atom stereocenters. The number of carbonyl (C=O) groups excluding carboxylic acids is 1. The third-order valence-electron chi connectivity index (χ3n) is 3.98. The molecule has 2 aromatic rings. The number of carbonyl (C=O) groups is 1. The van der Waals surface area contributed by atoms with E-state index in [0.29, 0.717) is 16.8 Å². The van der Waals surface area contributed by atoms with Crippen molar-refractivity contribution in [2.45, 2.75) is 25.7 Å². The smallest absolute Gasteiger partial charge is 0.338 e. The lowest BCUT2D eigenvalue weighted by Gasteiger charge is -2.25. The fraction of sp³-hybridized carbons (Fsp3) is 0.316. The zero-order valence-corrected chi connectivity index (χ0v) is 16.5. The molecule has 0 aliphatic carbocycles. The first-order chi connectivity index (χ1) is 12.8. The van der Waals surface area contributed by atoms with E-state index in [0.717, 1.165) is 6.07 Å². The minimum atomic E-state index is -4.00. The van der Waals surface area contributed by atoms with Gasteiger partial charge in [-0.25, -0.2) is 17.6 Å². The fourth-order valence-corrected chi connectivity index (χ4v) is 4.23. The second kappa shape index (κ2) is 8.39. The highest BCUT2D eigenvalue weighted by Crippen LogP contribution is 2.29. The van der Waals surface area contributed by atoms with Gasteiger partial charge in [0, 0.05) is 6.54 Å². The molecule has 0 amide bonds. The van der Waals surface area contributed by atoms with Crippen LogP contribution in [0.4, 0.5) is 10.1 Å². The number of anilines is 1. The fourth-order valence-electron chi connectivity index (χ4n) is 2.68. The van der Waals surface area contributed by atoms with Gasteiger partial charge in [0.1, 0.15) is 0 Å². The molecule has 146 valence electrons. The van der Waals surface area contributed by atoms with E-state index >= 15 is 0 Å². The summed E-state index contributed by atoms with van der Waals surface area (Å²) >= 11 is 0. The Labute approximate surface area is 158 Å². The number of halogens is 1. The van der Waals surface area contributed by atoms with E-state index in [2.05, 4.69) is 0 Å². The molecule has 6 nitrogen and oxygen atoms in total. The van der Waals surface area contributed by atoms with Crippen molar-refractivity contribution in [3.63, 3.8) is 0 Å². The van der Waals surface area contributed by atoms with Crippen LogP contribution in [0, 0.1) is 12.7 Å². The number of sulfonamides is 1. The standard InChI is InChI=1S/C19H22FNO5S/c1-5-21(17-9-7-14(11-13(17)3)19(22)26-6-2)27(23,24)15-8-10-18(25-4)16(20)12-15/h7-12H,5-6H2,1-4H3. The van der Waals surface area contributed by atoms with E-state index in [9.17, 15) is 17.6 Å². The lowest BCUT2D eigenvalue weighted by molar-refractivity contribution is 0.0526. The van der Waals surface area contributed by atoms with Gasteiger partial charge < -0.3 is 9.47 Å². The van der Waals surface area contributed by atoms with Gasteiger partial charge in [0.25, 0.3) is 10.0 Å². The summed E-state index contributed by atoms with van der Waals surface area (Å²) in [5.41, 5.74) is 1.32. The first-order valence-corrected chi connectivity index (χ1v) is 9.84. The predicted molar refractivity (Wildman–Crippen MR) is 100 cm³/mol. The van der Waals surface area contributed by atoms with Gasteiger partial charge in [-0.3, -0.25) is 4.31 Å². The molecule has 0 fully saturated rings. The van der Waals surface area contributed by atoms with Gasteiger partial charge in [-0.15, -0.1) is 0 Å². The third kappa shape index (κ3) is 4.21. The van der Waals surface area contributed by atoms with Crippen molar-refractivity contribution < 1.29 is 27.1 Å². The molecular weight excluding hydrogens is 373 g/mol. The second-order valence-corrected chi connectivity index (χ2v) is 7.55. The summed E-state index contributed by atoms with van der Waals surface area (Å²) in [7, 11) is -2.69. The van der Waals surface area contributed by atoms with Crippen LogP contribution in [0.2, 0.25) is 0 Å². The van der Waals surface area contributed by atoms with E-state index < -0.39 is 21.8 Å². The van der Waals surface area contributed by atoms with Crippen molar-refractivity contribution in [2.75, 3.05) is 24.6 Å². The molecule has 0 aliphatic rings. The van der Waals surface area contributed by atoms with Gasteiger partial charge in [0.05, 0.1) is 29.9 Å². The lowest BCUT2D eigenvalue weighted by atomic mass is 10.1. The molecule has 2 rings (SSSR count). The summed E-state index contributed by atoms with van der Waals surface area (Å²) in [6, 6.07) is 8.11. The number of rotatable bonds is 7. The van der Waals surface area contributed by atoms with Gasteiger partial charge >= 0.3 is 5.97 Å². The molecule has 0 aromatic heterocycles. The van der Waals surface area contributed by atoms with Crippen LogP contribution in [0.5, 0.6) is 5.75 Å². The normalized spacial score (nSPS) is 11.1. The van der Waals surface area contributed by atoms with Crippen LogP contribution >= 0.6 is 0 Å². The maximum Gasteiger partial charge on any atom is 0.338 e. The van der Waals surface area contributed by atoms with Crippen LogP contribution in [0.3, 0.4) is 0 Å². The van der Waals surface area contributed by atoms with Crippen molar-refractivity contribution in [3.05, 3.63) is 53.3 Å². The van der Waals surface area contributed by atoms with Crippen LogP contribution in [-0.4, -0.2) is 34.6 Å². The molecule has 0 aliphatic heterocycles. The Bertz CT molecular complexity index is 943. The summed E-state index contributed by atoms with van der Waals surface area (Å²) in [4.78, 5) is 11.7. The molecule has 8 heteroatoms. The number of hydrogen-bond donors (Lipinski definition) is 0. The van der Waals surface area contributed by atoms with Crippen LogP contribution < -0.4 is 9.04 Å². The minimum absolute atomic E-state index is 0.0352. The minimum Gasteiger partial charge on any atom is -0.494 e. The van der Waals surface area contributed by atoms with Gasteiger partial charge in [-0.05, 0) is 62.7 Å².